The number of unbranched alkanes of at least 4 members (excludes halogenated alkanes) is 21. The summed E-state index contributed by atoms with van der Waals surface area (Å²) in [6.45, 7) is 4.10. The van der Waals surface area contributed by atoms with Crippen LogP contribution in [0.15, 0.2) is 12.2 Å². The minimum atomic E-state index is -0.778. The molecule has 3 atom stereocenters. The lowest BCUT2D eigenvalue weighted by atomic mass is 10.0. The summed E-state index contributed by atoms with van der Waals surface area (Å²) >= 11 is 0. The third-order valence-corrected chi connectivity index (χ3v) is 8.98. The first kappa shape index (κ1) is 41.6. The van der Waals surface area contributed by atoms with Crippen LogP contribution in [0, 0.1) is 0 Å². The molecule has 0 bridgehead atoms. The zero-order valence-electron chi connectivity index (χ0n) is 29.6. The predicted octanol–water partition coefficient (Wildman–Crippen LogP) is 10.7. The van der Waals surface area contributed by atoms with E-state index in [1.54, 1.807) is 0 Å². The van der Waals surface area contributed by atoms with Crippen molar-refractivity contribution in [1.29, 1.82) is 0 Å². The van der Waals surface area contributed by atoms with Crippen LogP contribution in [0.1, 0.15) is 194 Å². The van der Waals surface area contributed by atoms with E-state index in [0.717, 1.165) is 57.8 Å². The molecular formula is C39H72O6. The molecule has 1 N–H and O–H groups in total. The third-order valence-electron chi connectivity index (χ3n) is 8.98. The smallest absolute Gasteiger partial charge is 0.306 e. The van der Waals surface area contributed by atoms with Gasteiger partial charge in [0.1, 0.15) is 6.61 Å². The molecule has 0 aromatic rings. The van der Waals surface area contributed by atoms with E-state index >= 15 is 0 Å². The Morgan fingerprint density at radius 1 is 0.622 bits per heavy atom. The Kier molecular flexibility index (Phi) is 28.9. The monoisotopic (exact) mass is 637 g/mol. The van der Waals surface area contributed by atoms with Gasteiger partial charge in [0.2, 0.25) is 0 Å². The van der Waals surface area contributed by atoms with Crippen LogP contribution in [-0.4, -0.2) is 48.6 Å². The highest BCUT2D eigenvalue weighted by atomic mass is 16.6. The Morgan fingerprint density at radius 2 is 1.11 bits per heavy atom. The largest absolute Gasteiger partial charge is 0.462 e. The number of rotatable bonds is 34. The van der Waals surface area contributed by atoms with E-state index < -0.39 is 6.10 Å². The van der Waals surface area contributed by atoms with Gasteiger partial charge in [-0.2, -0.15) is 0 Å². The first-order valence-electron chi connectivity index (χ1n) is 19.4. The molecular weight excluding hydrogens is 564 g/mol. The summed E-state index contributed by atoms with van der Waals surface area (Å²) in [5, 5.41) is 9.55. The lowest BCUT2D eigenvalue weighted by molar-refractivity contribution is -0.161. The highest BCUT2D eigenvalue weighted by Gasteiger charge is 2.36. The Bertz CT molecular complexity index is 708. The average molecular weight is 637 g/mol. The number of epoxide rings is 1. The van der Waals surface area contributed by atoms with Crippen molar-refractivity contribution < 1.29 is 28.9 Å². The van der Waals surface area contributed by atoms with Gasteiger partial charge in [0.05, 0.1) is 18.8 Å². The number of hydrogen-bond donors (Lipinski definition) is 1. The van der Waals surface area contributed by atoms with Gasteiger partial charge >= 0.3 is 11.9 Å². The molecule has 1 heterocycles. The fourth-order valence-electron chi connectivity index (χ4n) is 5.91. The van der Waals surface area contributed by atoms with Crippen LogP contribution in [0.3, 0.4) is 0 Å². The maximum atomic E-state index is 12.2. The number of hydrogen-bond acceptors (Lipinski definition) is 6. The molecule has 1 fully saturated rings. The molecule has 45 heavy (non-hydrogen) atoms. The number of carbonyl (C=O) groups excluding carboxylic acids is 2. The Hall–Kier alpha value is -1.40. The predicted molar refractivity (Wildman–Crippen MR) is 186 cm³/mol. The standard InChI is InChI=1S/C39H72O6/c1-3-5-7-9-11-12-13-14-15-16-17-18-19-23-27-31-38(41)43-34-35(33-40)44-39(42)32-28-24-20-22-26-30-37-36(45-37)29-25-21-10-8-6-4-2/h21,25,35-37,40H,3-20,22-24,26-34H2,1-2H3/b25-21-/t35-,36?,37?/m0/s1. The van der Waals surface area contributed by atoms with Crippen molar-refractivity contribution in [2.75, 3.05) is 13.2 Å². The molecule has 1 saturated heterocycles. The summed E-state index contributed by atoms with van der Waals surface area (Å²) in [6.07, 6.45) is 37.2. The molecule has 6 heteroatoms. The summed E-state index contributed by atoms with van der Waals surface area (Å²) < 4.78 is 16.4. The first-order chi connectivity index (χ1) is 22.1. The molecule has 0 aromatic carbocycles. The van der Waals surface area contributed by atoms with Gasteiger partial charge in [0.15, 0.2) is 6.10 Å². The van der Waals surface area contributed by atoms with Crippen LogP contribution >= 0.6 is 0 Å². The summed E-state index contributed by atoms with van der Waals surface area (Å²) in [5.74, 6) is -0.606. The minimum absolute atomic E-state index is 0.0707. The Labute approximate surface area is 277 Å². The van der Waals surface area contributed by atoms with Crippen molar-refractivity contribution in [2.45, 2.75) is 212 Å². The van der Waals surface area contributed by atoms with Crippen LogP contribution < -0.4 is 0 Å². The average Bonchev–Trinajstić information content (AvgIpc) is 3.80. The lowest BCUT2D eigenvalue weighted by Crippen LogP contribution is -2.28. The first-order valence-corrected chi connectivity index (χ1v) is 19.4. The fourth-order valence-corrected chi connectivity index (χ4v) is 5.91. The second-order valence-electron chi connectivity index (χ2n) is 13.4. The van der Waals surface area contributed by atoms with E-state index in [1.165, 1.54) is 109 Å². The van der Waals surface area contributed by atoms with Gasteiger partial charge in [-0.1, -0.05) is 154 Å². The molecule has 1 aliphatic rings. The normalized spacial score (nSPS) is 16.7. The second kappa shape index (κ2) is 31.2. The maximum Gasteiger partial charge on any atom is 0.306 e. The summed E-state index contributed by atoms with van der Waals surface area (Å²) in [7, 11) is 0. The zero-order valence-corrected chi connectivity index (χ0v) is 29.6. The van der Waals surface area contributed by atoms with Crippen molar-refractivity contribution in [3.63, 3.8) is 0 Å². The molecule has 2 unspecified atom stereocenters. The molecule has 264 valence electrons. The van der Waals surface area contributed by atoms with Crippen molar-refractivity contribution in [2.24, 2.45) is 0 Å². The second-order valence-corrected chi connectivity index (χ2v) is 13.4. The van der Waals surface area contributed by atoms with Crippen molar-refractivity contribution >= 4 is 11.9 Å². The molecule has 1 aliphatic heterocycles. The molecule has 0 aliphatic carbocycles. The maximum absolute atomic E-state index is 12.2. The van der Waals surface area contributed by atoms with Gasteiger partial charge in [-0.05, 0) is 38.5 Å². The van der Waals surface area contributed by atoms with Gasteiger partial charge in [-0.25, -0.2) is 0 Å². The highest BCUT2D eigenvalue weighted by molar-refractivity contribution is 5.70. The van der Waals surface area contributed by atoms with E-state index in [4.69, 9.17) is 14.2 Å². The van der Waals surface area contributed by atoms with Gasteiger partial charge in [0, 0.05) is 12.8 Å². The van der Waals surface area contributed by atoms with E-state index in [-0.39, 0.29) is 25.2 Å². The van der Waals surface area contributed by atoms with Gasteiger partial charge in [0.25, 0.3) is 0 Å². The SMILES string of the molecule is CCCCC/C=C\CC1OC1CCCCCCCC(=O)O[C@@H](CO)COC(=O)CCCCCCCCCCCCCCCCC. The number of aliphatic hydroxyl groups excluding tert-OH is 1. The van der Waals surface area contributed by atoms with E-state index in [9.17, 15) is 14.7 Å². The molecule has 1 rings (SSSR count). The quantitative estimate of drug-likeness (QED) is 0.0327. The number of esters is 2. The van der Waals surface area contributed by atoms with Crippen molar-refractivity contribution in [3.8, 4) is 0 Å². The fraction of sp³-hybridized carbons (Fsp3) is 0.897. The molecule has 0 saturated carbocycles. The van der Waals surface area contributed by atoms with Gasteiger partial charge in [-0.3, -0.25) is 9.59 Å². The zero-order chi connectivity index (χ0) is 32.6. The molecule has 0 spiro atoms. The molecule has 0 radical (unpaired) electrons. The Balaban J connectivity index is 1.88. The van der Waals surface area contributed by atoms with Gasteiger partial charge < -0.3 is 19.3 Å². The highest BCUT2D eigenvalue weighted by Crippen LogP contribution is 2.30. The van der Waals surface area contributed by atoms with Gasteiger partial charge in [-0.15, -0.1) is 0 Å². The van der Waals surface area contributed by atoms with Crippen LogP contribution in [-0.2, 0) is 23.8 Å². The van der Waals surface area contributed by atoms with Crippen LogP contribution in [0.4, 0.5) is 0 Å². The van der Waals surface area contributed by atoms with Crippen LogP contribution in [0.25, 0.3) is 0 Å². The van der Waals surface area contributed by atoms with E-state index in [2.05, 4.69) is 26.0 Å². The molecule has 0 aromatic heterocycles. The van der Waals surface area contributed by atoms with Crippen LogP contribution in [0.5, 0.6) is 0 Å². The summed E-state index contributed by atoms with van der Waals surface area (Å²) in [4.78, 5) is 24.3. The molecule has 6 nitrogen and oxygen atoms in total. The summed E-state index contributed by atoms with van der Waals surface area (Å²) in [5.41, 5.74) is 0. The third kappa shape index (κ3) is 27.4. The minimum Gasteiger partial charge on any atom is -0.462 e. The van der Waals surface area contributed by atoms with E-state index in [0.29, 0.717) is 25.0 Å². The lowest BCUT2D eigenvalue weighted by Gasteiger charge is -2.15. The summed E-state index contributed by atoms with van der Waals surface area (Å²) in [6, 6.07) is 0. The Morgan fingerprint density at radius 3 is 1.67 bits per heavy atom. The van der Waals surface area contributed by atoms with Crippen molar-refractivity contribution in [3.05, 3.63) is 12.2 Å². The number of aliphatic hydroxyl groups is 1. The van der Waals surface area contributed by atoms with Crippen molar-refractivity contribution in [1.82, 2.24) is 0 Å². The number of allylic oxidation sites excluding steroid dienone is 1. The number of ether oxygens (including phenoxy) is 3. The number of carbonyl (C=O) groups is 2. The molecule has 0 amide bonds. The van der Waals surface area contributed by atoms with E-state index in [1.807, 2.05) is 0 Å². The van der Waals surface area contributed by atoms with Crippen LogP contribution in [0.2, 0.25) is 0 Å². The topological polar surface area (TPSA) is 85.4 Å².